The molecule has 10 aromatic rings. The number of thiophene rings is 1. The Morgan fingerprint density at radius 3 is 1.90 bits per heavy atom. The van der Waals surface area contributed by atoms with E-state index >= 15 is 0 Å². The number of benzene rings is 9. The third-order valence-corrected chi connectivity index (χ3v) is 13.4. The average Bonchev–Trinajstić information content (AvgIpc) is 3.83. The van der Waals surface area contributed by atoms with Crippen LogP contribution in [0, 0.1) is 0 Å². The molecule has 1 unspecified atom stereocenters. The fraction of sp³-hybridized carbons (Fsp3) is 0.0182. The second-order valence-corrected chi connectivity index (χ2v) is 16.3. The van der Waals surface area contributed by atoms with E-state index in [-0.39, 0.29) is 0 Å². The van der Waals surface area contributed by atoms with Crippen molar-refractivity contribution < 1.29 is 0 Å². The van der Waals surface area contributed by atoms with Gasteiger partial charge < -0.3 is 9.80 Å². The summed E-state index contributed by atoms with van der Waals surface area (Å²) in [5.74, 6) is 0. The summed E-state index contributed by atoms with van der Waals surface area (Å²) in [5.41, 5.74) is 16.8. The molecule has 0 spiro atoms. The van der Waals surface area contributed by atoms with E-state index in [0.29, 0.717) is 0 Å². The summed E-state index contributed by atoms with van der Waals surface area (Å²) in [5, 5.41) is 2.60. The van der Waals surface area contributed by atoms with Gasteiger partial charge in [0.05, 0.1) is 27.2 Å². The molecule has 3 heteroatoms. The molecule has 2 heterocycles. The fourth-order valence-electron chi connectivity index (χ4n) is 9.86. The van der Waals surface area contributed by atoms with E-state index in [1.807, 2.05) is 11.3 Å². The van der Waals surface area contributed by atoms with Gasteiger partial charge in [-0.1, -0.05) is 152 Å². The van der Waals surface area contributed by atoms with Crippen LogP contribution in [0.3, 0.4) is 0 Å². The van der Waals surface area contributed by atoms with E-state index in [0.717, 1.165) is 17.1 Å². The van der Waals surface area contributed by atoms with Crippen LogP contribution in [0.4, 0.5) is 34.1 Å². The van der Waals surface area contributed by atoms with Crippen LogP contribution in [0.1, 0.15) is 22.3 Å². The number of hydrogen-bond donors (Lipinski definition) is 0. The van der Waals surface area contributed by atoms with E-state index in [1.54, 1.807) is 0 Å². The van der Waals surface area contributed by atoms with E-state index in [9.17, 15) is 0 Å². The molecule has 1 atom stereocenters. The molecule has 1 aliphatic heterocycles. The molecule has 1 aromatic heterocycles. The summed E-state index contributed by atoms with van der Waals surface area (Å²) in [6.07, 6.45) is 0. The monoisotopic (exact) mass is 756 g/mol. The SMILES string of the molecule is c1ccc(N2c3ccccc3C3(c4ccccc4)c4cc(-c5ccc(N(c6ccccc6)c6cccc7c6sc6ccccc67)cc5)ccc4-c4cccc2c43)cc1. The van der Waals surface area contributed by atoms with E-state index in [2.05, 4.69) is 228 Å². The largest absolute Gasteiger partial charge is 0.310 e. The van der Waals surface area contributed by atoms with Crippen LogP contribution in [-0.2, 0) is 5.41 Å². The topological polar surface area (TPSA) is 6.48 Å². The van der Waals surface area contributed by atoms with Crippen LogP contribution in [-0.4, -0.2) is 0 Å². The summed E-state index contributed by atoms with van der Waals surface area (Å²) in [6.45, 7) is 0. The van der Waals surface area contributed by atoms with Crippen molar-refractivity contribution in [2.75, 3.05) is 9.80 Å². The van der Waals surface area contributed by atoms with Crippen LogP contribution in [0.5, 0.6) is 0 Å². The Labute approximate surface area is 342 Å². The maximum atomic E-state index is 2.48. The molecule has 272 valence electrons. The van der Waals surface area contributed by atoms with E-state index < -0.39 is 5.41 Å². The van der Waals surface area contributed by atoms with Gasteiger partial charge >= 0.3 is 0 Å². The summed E-state index contributed by atoms with van der Waals surface area (Å²) in [7, 11) is 0. The number of nitrogens with zero attached hydrogens (tertiary/aromatic N) is 2. The van der Waals surface area contributed by atoms with Gasteiger partial charge in [0.2, 0.25) is 0 Å². The van der Waals surface area contributed by atoms with Crippen LogP contribution in [0.15, 0.2) is 218 Å². The fourth-order valence-corrected chi connectivity index (χ4v) is 11.1. The number of rotatable bonds is 6. The number of hydrogen-bond acceptors (Lipinski definition) is 3. The zero-order chi connectivity index (χ0) is 38.2. The third-order valence-electron chi connectivity index (χ3n) is 12.2. The lowest BCUT2D eigenvalue weighted by Gasteiger charge is -2.44. The molecule has 0 fully saturated rings. The van der Waals surface area contributed by atoms with Gasteiger partial charge in [-0.15, -0.1) is 11.3 Å². The van der Waals surface area contributed by atoms with Crippen molar-refractivity contribution in [3.63, 3.8) is 0 Å². The smallest absolute Gasteiger partial charge is 0.0754 e. The van der Waals surface area contributed by atoms with E-state index in [1.165, 1.54) is 81.7 Å². The lowest BCUT2D eigenvalue weighted by atomic mass is 9.64. The highest BCUT2D eigenvalue weighted by Gasteiger charge is 2.52. The average molecular weight is 757 g/mol. The zero-order valence-corrected chi connectivity index (χ0v) is 32.4. The Bertz CT molecular complexity index is 3170. The number of anilines is 6. The quantitative estimate of drug-likeness (QED) is 0.167. The Morgan fingerprint density at radius 2 is 1.07 bits per heavy atom. The molecule has 58 heavy (non-hydrogen) atoms. The number of fused-ring (bicyclic) bond motifs is 8. The third kappa shape index (κ3) is 4.71. The van der Waals surface area contributed by atoms with Crippen molar-refractivity contribution >= 4 is 65.6 Å². The Kier molecular flexibility index (Phi) is 7.35. The van der Waals surface area contributed by atoms with Gasteiger partial charge in [0.1, 0.15) is 0 Å². The minimum atomic E-state index is -0.493. The van der Waals surface area contributed by atoms with Crippen molar-refractivity contribution in [2.24, 2.45) is 0 Å². The first kappa shape index (κ1) is 33.0. The summed E-state index contributed by atoms with van der Waals surface area (Å²) in [4.78, 5) is 4.86. The minimum absolute atomic E-state index is 0.493. The second kappa shape index (κ2) is 12.9. The maximum absolute atomic E-state index is 2.48. The highest BCUT2D eigenvalue weighted by molar-refractivity contribution is 7.26. The van der Waals surface area contributed by atoms with Gasteiger partial charge in [-0.05, 0) is 106 Å². The molecular formula is C55H36N2S. The normalized spacial score (nSPS) is 14.9. The zero-order valence-electron chi connectivity index (χ0n) is 31.6. The van der Waals surface area contributed by atoms with Gasteiger partial charge in [0.25, 0.3) is 0 Å². The highest BCUT2D eigenvalue weighted by atomic mass is 32.1. The molecule has 0 N–H and O–H groups in total. The molecule has 12 rings (SSSR count). The first-order chi connectivity index (χ1) is 28.8. The molecular weight excluding hydrogens is 721 g/mol. The van der Waals surface area contributed by atoms with Gasteiger partial charge in [0, 0.05) is 38.1 Å². The molecule has 0 saturated heterocycles. The molecule has 9 aromatic carbocycles. The molecule has 1 aliphatic carbocycles. The summed E-state index contributed by atoms with van der Waals surface area (Å²) >= 11 is 1.87. The van der Waals surface area contributed by atoms with Crippen LogP contribution in [0.2, 0.25) is 0 Å². The summed E-state index contributed by atoms with van der Waals surface area (Å²) < 4.78 is 2.60. The molecule has 0 amide bonds. The van der Waals surface area contributed by atoms with Gasteiger partial charge in [-0.25, -0.2) is 0 Å². The van der Waals surface area contributed by atoms with Crippen LogP contribution < -0.4 is 9.80 Å². The first-order valence-electron chi connectivity index (χ1n) is 19.9. The molecule has 0 radical (unpaired) electrons. The minimum Gasteiger partial charge on any atom is -0.310 e. The van der Waals surface area contributed by atoms with Crippen molar-refractivity contribution in [2.45, 2.75) is 5.41 Å². The van der Waals surface area contributed by atoms with Crippen molar-refractivity contribution in [1.29, 1.82) is 0 Å². The van der Waals surface area contributed by atoms with Gasteiger partial charge in [-0.3, -0.25) is 0 Å². The molecule has 0 saturated carbocycles. The highest BCUT2D eigenvalue weighted by Crippen LogP contribution is 2.65. The molecule has 2 nitrogen and oxygen atoms in total. The predicted molar refractivity (Wildman–Crippen MR) is 245 cm³/mol. The second-order valence-electron chi connectivity index (χ2n) is 15.2. The van der Waals surface area contributed by atoms with Crippen molar-refractivity contribution in [3.8, 4) is 22.3 Å². The van der Waals surface area contributed by atoms with Crippen LogP contribution in [0.25, 0.3) is 42.4 Å². The standard InChI is InChI=1S/C55H36N2S/c1-4-16-39(17-5-1)55-47-25-11-12-26-49(47)57(41-20-8-3-9-21-41)50-27-14-23-45(53(50)55)43-35-32-38(36-48(43)55)37-30-33-42(34-31-37)56(40-18-6-2-7-19-40)51-28-15-24-46-44-22-10-13-29-52(44)58-54(46)51/h1-36H. The van der Waals surface area contributed by atoms with Crippen molar-refractivity contribution in [3.05, 3.63) is 241 Å². The maximum Gasteiger partial charge on any atom is 0.0754 e. The predicted octanol–water partition coefficient (Wildman–Crippen LogP) is 15.3. The summed E-state index contributed by atoms with van der Waals surface area (Å²) in [6, 6.07) is 80.4. The lowest BCUT2D eigenvalue weighted by Crippen LogP contribution is -2.35. The Morgan fingerprint density at radius 1 is 0.431 bits per heavy atom. The van der Waals surface area contributed by atoms with Crippen molar-refractivity contribution in [1.82, 2.24) is 0 Å². The Balaban J connectivity index is 1.03. The Hall–Kier alpha value is -7.20. The lowest BCUT2D eigenvalue weighted by molar-refractivity contribution is 0.754. The first-order valence-corrected chi connectivity index (χ1v) is 20.8. The van der Waals surface area contributed by atoms with Gasteiger partial charge in [-0.2, -0.15) is 0 Å². The van der Waals surface area contributed by atoms with Gasteiger partial charge in [0.15, 0.2) is 0 Å². The molecule has 2 aliphatic rings. The van der Waals surface area contributed by atoms with Crippen LogP contribution >= 0.6 is 11.3 Å². The number of para-hydroxylation sites is 3. The molecule has 0 bridgehead atoms. The van der Waals surface area contributed by atoms with E-state index in [4.69, 9.17) is 0 Å².